The number of aromatic nitrogens is 2. The van der Waals surface area contributed by atoms with Crippen LogP contribution in [0.25, 0.3) is 0 Å². The van der Waals surface area contributed by atoms with Crippen LogP contribution in [0.2, 0.25) is 5.15 Å². The van der Waals surface area contributed by atoms with Gasteiger partial charge in [-0.15, -0.1) is 0 Å². The van der Waals surface area contributed by atoms with Crippen molar-refractivity contribution in [2.75, 3.05) is 29.9 Å². The zero-order valence-corrected chi connectivity index (χ0v) is 20.5. The van der Waals surface area contributed by atoms with E-state index in [1.165, 1.54) is 29.0 Å². The standard InChI is InChI=1S/C23H23ClFN5O4S/c1-13-7-15(3-4-17(13)25)27-23(31)21-22-19(11-29(21)2)35(32,33)28-18-10-30(9-14(18)12-34-22)16-5-6-26-20(24)8-16/h3-8,11,14,18,28H,9-10,12H2,1-2H3,(H,27,31)/t14-,18-/m1/s1. The molecule has 2 aliphatic heterocycles. The van der Waals surface area contributed by atoms with Crippen LogP contribution >= 0.6 is 11.6 Å². The maximum Gasteiger partial charge on any atom is 0.276 e. The normalized spacial score (nSPS) is 20.9. The zero-order chi connectivity index (χ0) is 24.9. The molecule has 3 aromatic rings. The minimum atomic E-state index is -3.98. The number of halogens is 2. The third-order valence-corrected chi connectivity index (χ3v) is 7.98. The van der Waals surface area contributed by atoms with Crippen LogP contribution in [0.15, 0.2) is 47.6 Å². The van der Waals surface area contributed by atoms with Crippen molar-refractivity contribution in [1.82, 2.24) is 14.3 Å². The van der Waals surface area contributed by atoms with Crippen LogP contribution in [0.3, 0.4) is 0 Å². The van der Waals surface area contributed by atoms with E-state index < -0.39 is 15.9 Å². The molecule has 184 valence electrons. The minimum absolute atomic E-state index is 0.0137. The Hall–Kier alpha value is -3.15. The summed E-state index contributed by atoms with van der Waals surface area (Å²) < 4.78 is 50.4. The fourth-order valence-corrected chi connectivity index (χ4v) is 6.17. The molecule has 1 aromatic carbocycles. The number of carbonyl (C=O) groups is 1. The maximum absolute atomic E-state index is 13.6. The van der Waals surface area contributed by atoms with Gasteiger partial charge in [0.1, 0.15) is 15.9 Å². The number of nitrogens with one attached hydrogen (secondary N) is 2. The predicted molar refractivity (Wildman–Crippen MR) is 129 cm³/mol. The Morgan fingerprint density at radius 2 is 2.09 bits per heavy atom. The molecule has 1 amide bonds. The van der Waals surface area contributed by atoms with E-state index >= 15 is 0 Å². The van der Waals surface area contributed by atoms with Gasteiger partial charge in [0, 0.05) is 55.9 Å². The molecular formula is C23H23ClFN5O4S. The van der Waals surface area contributed by atoms with Crippen molar-refractivity contribution < 1.29 is 22.3 Å². The number of hydrogen-bond donors (Lipinski definition) is 2. The van der Waals surface area contributed by atoms with E-state index in [0.29, 0.717) is 29.5 Å². The highest BCUT2D eigenvalue weighted by Crippen LogP contribution is 2.35. The number of sulfonamides is 1. The monoisotopic (exact) mass is 519 g/mol. The first-order valence-electron chi connectivity index (χ1n) is 10.9. The second-order valence-electron chi connectivity index (χ2n) is 8.74. The van der Waals surface area contributed by atoms with Crippen LogP contribution in [-0.2, 0) is 17.1 Å². The molecule has 2 aliphatic rings. The third-order valence-electron chi connectivity index (χ3n) is 6.29. The number of aryl methyl sites for hydroxylation is 2. The molecule has 0 radical (unpaired) electrons. The highest BCUT2D eigenvalue weighted by molar-refractivity contribution is 7.89. The Morgan fingerprint density at radius 3 is 2.83 bits per heavy atom. The Labute approximate surface area is 206 Å². The molecule has 0 saturated carbocycles. The molecule has 1 saturated heterocycles. The van der Waals surface area contributed by atoms with Crippen molar-refractivity contribution in [3.8, 4) is 5.75 Å². The Morgan fingerprint density at radius 1 is 1.29 bits per heavy atom. The first kappa shape index (κ1) is 23.6. The Bertz CT molecular complexity index is 1430. The summed E-state index contributed by atoms with van der Waals surface area (Å²) in [5.74, 6) is -1.13. The highest BCUT2D eigenvalue weighted by atomic mass is 35.5. The average molecular weight is 520 g/mol. The molecule has 5 rings (SSSR count). The molecule has 2 atom stereocenters. The predicted octanol–water partition coefficient (Wildman–Crippen LogP) is 2.95. The molecule has 12 heteroatoms. The summed E-state index contributed by atoms with van der Waals surface area (Å²) >= 11 is 6.02. The molecule has 0 spiro atoms. The van der Waals surface area contributed by atoms with Gasteiger partial charge in [-0.05, 0) is 42.8 Å². The van der Waals surface area contributed by atoms with Crippen LogP contribution in [0.1, 0.15) is 16.1 Å². The van der Waals surface area contributed by atoms with Gasteiger partial charge in [0.25, 0.3) is 5.91 Å². The van der Waals surface area contributed by atoms with E-state index in [-0.39, 0.29) is 40.7 Å². The molecule has 0 unspecified atom stereocenters. The molecule has 0 bridgehead atoms. The first-order valence-corrected chi connectivity index (χ1v) is 12.8. The topological polar surface area (TPSA) is 106 Å². The Kier molecular flexibility index (Phi) is 5.94. The number of nitrogens with zero attached hydrogens (tertiary/aromatic N) is 3. The fraction of sp³-hybridized carbons (Fsp3) is 0.304. The molecule has 1 fully saturated rings. The molecule has 2 N–H and O–H groups in total. The summed E-state index contributed by atoms with van der Waals surface area (Å²) in [4.78, 5) is 19.0. The number of benzene rings is 1. The Balaban J connectivity index is 1.43. The van der Waals surface area contributed by atoms with Crippen LogP contribution < -0.4 is 19.7 Å². The van der Waals surface area contributed by atoms with E-state index in [1.807, 2.05) is 11.0 Å². The second kappa shape index (κ2) is 8.81. The molecule has 35 heavy (non-hydrogen) atoms. The number of carbonyl (C=O) groups excluding carboxylic acids is 1. The van der Waals surface area contributed by atoms with Gasteiger partial charge in [0.15, 0.2) is 11.4 Å². The van der Waals surface area contributed by atoms with E-state index in [4.69, 9.17) is 16.3 Å². The van der Waals surface area contributed by atoms with E-state index in [0.717, 1.165) is 5.69 Å². The van der Waals surface area contributed by atoms with Crippen LogP contribution in [0.5, 0.6) is 5.75 Å². The maximum atomic E-state index is 13.6. The first-order chi connectivity index (χ1) is 16.6. The summed E-state index contributed by atoms with van der Waals surface area (Å²) in [6, 6.07) is 7.35. The van der Waals surface area contributed by atoms with Gasteiger partial charge in [0.05, 0.1) is 6.61 Å². The van der Waals surface area contributed by atoms with Crippen LogP contribution in [0, 0.1) is 18.7 Å². The molecular weight excluding hydrogens is 497 g/mol. The van der Waals surface area contributed by atoms with E-state index in [1.54, 1.807) is 26.2 Å². The molecule has 9 nitrogen and oxygen atoms in total. The lowest BCUT2D eigenvalue weighted by Gasteiger charge is -2.23. The van der Waals surface area contributed by atoms with Gasteiger partial charge in [-0.2, -0.15) is 0 Å². The van der Waals surface area contributed by atoms with E-state index in [2.05, 4.69) is 15.0 Å². The average Bonchev–Trinajstić information content (AvgIpc) is 3.34. The van der Waals surface area contributed by atoms with Crippen molar-refractivity contribution in [2.45, 2.75) is 17.9 Å². The van der Waals surface area contributed by atoms with Crippen molar-refractivity contribution in [2.24, 2.45) is 13.0 Å². The van der Waals surface area contributed by atoms with Gasteiger partial charge in [-0.3, -0.25) is 4.79 Å². The lowest BCUT2D eigenvalue weighted by atomic mass is 10.1. The van der Waals surface area contributed by atoms with Crippen molar-refractivity contribution in [1.29, 1.82) is 0 Å². The second-order valence-corrected chi connectivity index (χ2v) is 10.8. The quantitative estimate of drug-likeness (QED) is 0.515. The number of rotatable bonds is 3. The van der Waals surface area contributed by atoms with Crippen LogP contribution in [-0.4, -0.2) is 49.6 Å². The van der Waals surface area contributed by atoms with Crippen molar-refractivity contribution in [3.63, 3.8) is 0 Å². The number of ether oxygens (including phenoxy) is 1. The summed E-state index contributed by atoms with van der Waals surface area (Å²) in [7, 11) is -2.41. The van der Waals surface area contributed by atoms with Gasteiger partial charge in [-0.1, -0.05) is 11.6 Å². The summed E-state index contributed by atoms with van der Waals surface area (Å²) in [6.45, 7) is 2.76. The zero-order valence-electron chi connectivity index (χ0n) is 19.0. The summed E-state index contributed by atoms with van der Waals surface area (Å²) in [6.07, 6.45) is 2.96. The fourth-order valence-electron chi connectivity index (χ4n) is 4.51. The highest BCUT2D eigenvalue weighted by Gasteiger charge is 2.41. The number of hydrogen-bond acceptors (Lipinski definition) is 6. The molecule has 4 heterocycles. The van der Waals surface area contributed by atoms with Gasteiger partial charge >= 0.3 is 0 Å². The third kappa shape index (κ3) is 4.46. The largest absolute Gasteiger partial charge is 0.489 e. The number of amides is 1. The number of fused-ring (bicyclic) bond motifs is 2. The SMILES string of the molecule is Cc1cc(NC(=O)c2c3c(cn2C)S(=O)(=O)N[C@@H]2CN(c4ccnc(Cl)c4)C[C@@H]2CO3)ccc1F. The lowest BCUT2D eigenvalue weighted by Crippen LogP contribution is -2.43. The van der Waals surface area contributed by atoms with Gasteiger partial charge < -0.3 is 19.5 Å². The van der Waals surface area contributed by atoms with Crippen LogP contribution in [0.4, 0.5) is 15.8 Å². The smallest absolute Gasteiger partial charge is 0.276 e. The summed E-state index contributed by atoms with van der Waals surface area (Å²) in [5.41, 5.74) is 1.66. The van der Waals surface area contributed by atoms with Gasteiger partial charge in [-0.25, -0.2) is 22.5 Å². The van der Waals surface area contributed by atoms with E-state index in [9.17, 15) is 17.6 Å². The van der Waals surface area contributed by atoms with Crippen molar-refractivity contribution >= 4 is 38.9 Å². The van der Waals surface area contributed by atoms with Gasteiger partial charge in [0.2, 0.25) is 10.0 Å². The number of pyridine rings is 1. The molecule has 0 aliphatic carbocycles. The number of anilines is 2. The van der Waals surface area contributed by atoms with Crippen molar-refractivity contribution in [3.05, 3.63) is 65.0 Å². The molecule has 2 aromatic heterocycles. The summed E-state index contributed by atoms with van der Waals surface area (Å²) in [5, 5.41) is 3.05. The lowest BCUT2D eigenvalue weighted by molar-refractivity contribution is 0.101. The minimum Gasteiger partial charge on any atom is -0.489 e.